The zero-order chi connectivity index (χ0) is 10.5. The highest BCUT2D eigenvalue weighted by atomic mass is 79.9. The average molecular weight is 256 g/mol. The van der Waals surface area contributed by atoms with Crippen molar-refractivity contribution >= 4 is 15.9 Å². The van der Waals surface area contributed by atoms with E-state index in [1.807, 2.05) is 13.8 Å². The summed E-state index contributed by atoms with van der Waals surface area (Å²) >= 11 is 2.93. The van der Waals surface area contributed by atoms with Crippen LogP contribution in [-0.2, 0) is 6.18 Å². The third-order valence-corrected chi connectivity index (χ3v) is 1.52. The summed E-state index contributed by atoms with van der Waals surface area (Å²) in [5.41, 5.74) is -0.735. The van der Waals surface area contributed by atoms with Crippen LogP contribution >= 0.6 is 15.9 Å². The second kappa shape index (κ2) is 5.21. The number of nitrogens with zero attached hydrogens (tertiary/aromatic N) is 1. The molecule has 0 atom stereocenters. The van der Waals surface area contributed by atoms with Gasteiger partial charge in [0.05, 0.1) is 5.56 Å². The molecule has 0 bridgehead atoms. The van der Waals surface area contributed by atoms with Gasteiger partial charge >= 0.3 is 6.18 Å². The lowest BCUT2D eigenvalue weighted by Crippen LogP contribution is -2.04. The number of hydrogen-bond acceptors (Lipinski definition) is 1. The number of rotatable bonds is 0. The van der Waals surface area contributed by atoms with Gasteiger partial charge in [-0.3, -0.25) is 0 Å². The largest absolute Gasteiger partial charge is 0.417 e. The molecular formula is C8H9BrF3N. The predicted octanol–water partition coefficient (Wildman–Crippen LogP) is 3.89. The first-order valence-corrected chi connectivity index (χ1v) is 4.48. The number of halogens is 4. The molecular weight excluding hydrogens is 247 g/mol. The Morgan fingerprint density at radius 1 is 1.23 bits per heavy atom. The Morgan fingerprint density at radius 3 is 2.08 bits per heavy atom. The fourth-order valence-electron chi connectivity index (χ4n) is 0.544. The van der Waals surface area contributed by atoms with Crippen LogP contribution in [0.4, 0.5) is 13.2 Å². The van der Waals surface area contributed by atoms with Gasteiger partial charge in [-0.05, 0) is 28.1 Å². The van der Waals surface area contributed by atoms with Crippen LogP contribution in [0, 0.1) is 0 Å². The van der Waals surface area contributed by atoms with Crippen LogP contribution < -0.4 is 0 Å². The molecule has 0 unspecified atom stereocenters. The van der Waals surface area contributed by atoms with E-state index in [-0.39, 0.29) is 0 Å². The Labute approximate surface area is 83.1 Å². The summed E-state index contributed by atoms with van der Waals surface area (Å²) in [6.07, 6.45) is -3.52. The van der Waals surface area contributed by atoms with E-state index in [1.165, 1.54) is 6.07 Å². The van der Waals surface area contributed by atoms with Gasteiger partial charge in [-0.15, -0.1) is 0 Å². The molecule has 0 fully saturated rings. The fraction of sp³-hybridized carbons (Fsp3) is 0.375. The summed E-state index contributed by atoms with van der Waals surface area (Å²) in [4.78, 5) is 3.44. The maximum absolute atomic E-state index is 11.9. The lowest BCUT2D eigenvalue weighted by atomic mass is 10.3. The summed E-state index contributed by atoms with van der Waals surface area (Å²) in [6.45, 7) is 4.00. The molecule has 0 radical (unpaired) electrons. The lowest BCUT2D eigenvalue weighted by molar-refractivity contribution is -0.137. The third-order valence-electron chi connectivity index (χ3n) is 1.05. The normalized spacial score (nSPS) is 10.3. The molecule has 0 spiro atoms. The fourth-order valence-corrected chi connectivity index (χ4v) is 0.778. The summed E-state index contributed by atoms with van der Waals surface area (Å²) in [7, 11) is 0. The van der Waals surface area contributed by atoms with Gasteiger partial charge in [0.15, 0.2) is 0 Å². The number of aromatic nitrogens is 1. The van der Waals surface area contributed by atoms with Crippen LogP contribution in [-0.4, -0.2) is 4.98 Å². The van der Waals surface area contributed by atoms with E-state index in [4.69, 9.17) is 0 Å². The highest BCUT2D eigenvalue weighted by molar-refractivity contribution is 9.10. The van der Waals surface area contributed by atoms with Crippen molar-refractivity contribution in [1.29, 1.82) is 0 Å². The molecule has 0 saturated carbocycles. The Balaban J connectivity index is 0.000000671. The maximum atomic E-state index is 11.9. The Hall–Kier alpha value is -0.580. The number of alkyl halides is 3. The van der Waals surface area contributed by atoms with Crippen molar-refractivity contribution in [3.8, 4) is 0 Å². The van der Waals surface area contributed by atoms with Gasteiger partial charge in [-0.1, -0.05) is 13.8 Å². The third kappa shape index (κ3) is 4.26. The molecule has 74 valence electrons. The van der Waals surface area contributed by atoms with Gasteiger partial charge in [0.1, 0.15) is 4.60 Å². The van der Waals surface area contributed by atoms with E-state index < -0.39 is 11.7 Å². The Bertz CT molecular complexity index is 243. The zero-order valence-corrected chi connectivity index (χ0v) is 8.78. The quantitative estimate of drug-likeness (QED) is 0.641. The van der Waals surface area contributed by atoms with Gasteiger partial charge < -0.3 is 0 Å². The van der Waals surface area contributed by atoms with Crippen LogP contribution in [0.1, 0.15) is 19.4 Å². The van der Waals surface area contributed by atoms with Crippen molar-refractivity contribution < 1.29 is 13.2 Å². The van der Waals surface area contributed by atoms with Crippen LogP contribution in [0.25, 0.3) is 0 Å². The summed E-state index contributed by atoms with van der Waals surface area (Å²) in [5, 5.41) is 0. The molecule has 0 N–H and O–H groups in total. The Kier molecular flexibility index (Phi) is 4.98. The SMILES string of the molecule is CC.FC(F)(F)c1ccc(Br)nc1. The zero-order valence-electron chi connectivity index (χ0n) is 7.19. The van der Waals surface area contributed by atoms with Crippen molar-refractivity contribution in [3.05, 3.63) is 28.5 Å². The highest BCUT2D eigenvalue weighted by Gasteiger charge is 2.30. The molecule has 0 aliphatic rings. The van der Waals surface area contributed by atoms with Crippen molar-refractivity contribution in [1.82, 2.24) is 4.98 Å². The van der Waals surface area contributed by atoms with E-state index in [0.717, 1.165) is 12.3 Å². The van der Waals surface area contributed by atoms with Crippen LogP contribution in [0.3, 0.4) is 0 Å². The minimum atomic E-state index is -4.30. The molecule has 0 aliphatic carbocycles. The molecule has 0 amide bonds. The molecule has 1 rings (SSSR count). The minimum Gasteiger partial charge on any atom is -0.249 e. The smallest absolute Gasteiger partial charge is 0.249 e. The maximum Gasteiger partial charge on any atom is 0.417 e. The number of hydrogen-bond donors (Lipinski definition) is 0. The van der Waals surface area contributed by atoms with Gasteiger partial charge in [-0.25, -0.2) is 4.98 Å². The van der Waals surface area contributed by atoms with Gasteiger partial charge in [0, 0.05) is 6.20 Å². The Morgan fingerprint density at radius 2 is 1.77 bits per heavy atom. The first-order chi connectivity index (χ1) is 6.00. The molecule has 1 nitrogen and oxygen atoms in total. The van der Waals surface area contributed by atoms with Crippen LogP contribution in [0.2, 0.25) is 0 Å². The minimum absolute atomic E-state index is 0.394. The van der Waals surface area contributed by atoms with Crippen molar-refractivity contribution in [2.45, 2.75) is 20.0 Å². The summed E-state index contributed by atoms with van der Waals surface area (Å²) < 4.78 is 36.0. The molecule has 1 heterocycles. The molecule has 0 saturated heterocycles. The van der Waals surface area contributed by atoms with Crippen molar-refractivity contribution in [2.24, 2.45) is 0 Å². The first-order valence-electron chi connectivity index (χ1n) is 3.69. The highest BCUT2D eigenvalue weighted by Crippen LogP contribution is 2.28. The standard InChI is InChI=1S/C6H3BrF3N.C2H6/c7-5-2-1-4(3-11-5)6(8,9)10;1-2/h1-3H;1-2H3. The molecule has 0 aliphatic heterocycles. The molecule has 1 aromatic heterocycles. The molecule has 13 heavy (non-hydrogen) atoms. The number of pyridine rings is 1. The molecule has 5 heteroatoms. The second-order valence-corrected chi connectivity index (χ2v) is 2.68. The van der Waals surface area contributed by atoms with Gasteiger partial charge in [0.25, 0.3) is 0 Å². The van der Waals surface area contributed by atoms with E-state index in [0.29, 0.717) is 4.60 Å². The van der Waals surface area contributed by atoms with E-state index >= 15 is 0 Å². The van der Waals surface area contributed by atoms with Crippen molar-refractivity contribution in [3.63, 3.8) is 0 Å². The van der Waals surface area contributed by atoms with Crippen LogP contribution in [0.5, 0.6) is 0 Å². The predicted molar refractivity (Wildman–Crippen MR) is 48.3 cm³/mol. The van der Waals surface area contributed by atoms with E-state index in [1.54, 1.807) is 0 Å². The van der Waals surface area contributed by atoms with Gasteiger partial charge in [-0.2, -0.15) is 13.2 Å². The second-order valence-electron chi connectivity index (χ2n) is 1.87. The van der Waals surface area contributed by atoms with Crippen molar-refractivity contribution in [2.75, 3.05) is 0 Å². The first kappa shape index (κ1) is 12.4. The van der Waals surface area contributed by atoms with Crippen LogP contribution in [0.15, 0.2) is 22.9 Å². The summed E-state index contributed by atoms with van der Waals surface area (Å²) in [5.74, 6) is 0. The topological polar surface area (TPSA) is 12.9 Å². The lowest BCUT2D eigenvalue weighted by Gasteiger charge is -2.04. The molecule has 1 aromatic rings. The monoisotopic (exact) mass is 255 g/mol. The van der Waals surface area contributed by atoms with Gasteiger partial charge in [0.2, 0.25) is 0 Å². The average Bonchev–Trinajstić information content (AvgIpc) is 2.07. The summed E-state index contributed by atoms with van der Waals surface area (Å²) in [6, 6.07) is 2.22. The molecule has 0 aromatic carbocycles. The van der Waals surface area contributed by atoms with E-state index in [2.05, 4.69) is 20.9 Å². The van der Waals surface area contributed by atoms with E-state index in [9.17, 15) is 13.2 Å².